The van der Waals surface area contributed by atoms with Gasteiger partial charge in [-0.2, -0.15) is 13.2 Å². The summed E-state index contributed by atoms with van der Waals surface area (Å²) in [7, 11) is 0. The first-order chi connectivity index (χ1) is 27.6. The van der Waals surface area contributed by atoms with Crippen LogP contribution in [-0.4, -0.2) is 119 Å². The number of ether oxygens (including phenoxy) is 4. The van der Waals surface area contributed by atoms with Crippen LogP contribution in [0.3, 0.4) is 0 Å². The number of aromatic amines is 1. The van der Waals surface area contributed by atoms with Gasteiger partial charge in [-0.05, 0) is 43.5 Å². The number of carbonyl (C=O) groups excluding carboxylic acids is 2. The minimum atomic E-state index is -5.19. The van der Waals surface area contributed by atoms with E-state index in [0.29, 0.717) is 36.4 Å². The summed E-state index contributed by atoms with van der Waals surface area (Å²) in [6, 6.07) is 17.2. The van der Waals surface area contributed by atoms with E-state index in [2.05, 4.69) is 21.0 Å². The standard InChI is InChI=1S/C34H40N6O11.C2HF3O2/c35-17-23-26(43)29(46)33(49-23)51-30(31-27(44)28(45)32(50-31)40-15-13-24(41)36-34(40)47)22-18-39(38-37-22)14-5-2-6-16-48-21-11-9-20(10-12-21)25(42)19-7-3-1-4-8-19;3-2(4,5)1(6)7/h1,3-4,7-13,15,18,23,26-33,43-46H,2,5-6,14,16-17,35H2,(H,36,41,47);(H,6,7)/t23-,26-,27+,28-,29-,30-,31+,32-,33+;/m1./s1. The van der Waals surface area contributed by atoms with Crippen molar-refractivity contribution in [1.29, 1.82) is 0 Å². The quantitative estimate of drug-likeness (QED) is 0.0557. The van der Waals surface area contributed by atoms with Crippen molar-refractivity contribution in [3.05, 3.63) is 111 Å². The van der Waals surface area contributed by atoms with Crippen LogP contribution in [0.1, 0.15) is 53.2 Å². The van der Waals surface area contributed by atoms with Gasteiger partial charge in [0.1, 0.15) is 66.7 Å². The molecule has 2 aliphatic rings. The zero-order valence-corrected chi connectivity index (χ0v) is 30.5. The number of carboxylic acids is 1. The Kier molecular flexibility index (Phi) is 14.7. The monoisotopic (exact) mass is 822 g/mol. The number of nitrogens with zero attached hydrogens (tertiary/aromatic N) is 4. The minimum Gasteiger partial charge on any atom is -0.542 e. The number of alkyl halides is 3. The third-order valence-corrected chi connectivity index (χ3v) is 9.11. The molecule has 58 heavy (non-hydrogen) atoms. The molecular weight excluding hydrogens is 781 g/mol. The van der Waals surface area contributed by atoms with Crippen molar-refractivity contribution >= 4 is 11.8 Å². The molecular formula is C36H41F3N6O13. The molecule has 0 bridgehead atoms. The molecule has 4 heterocycles. The van der Waals surface area contributed by atoms with Crippen LogP contribution in [-0.2, 0) is 25.5 Å². The van der Waals surface area contributed by atoms with Gasteiger partial charge in [-0.15, -0.1) is 5.10 Å². The number of rotatable bonds is 15. The molecule has 2 saturated heterocycles. The minimum absolute atomic E-state index is 0.0568. The number of H-pyrrole nitrogens is 1. The van der Waals surface area contributed by atoms with Gasteiger partial charge in [0.15, 0.2) is 18.3 Å². The molecule has 2 aromatic heterocycles. The highest BCUT2D eigenvalue weighted by molar-refractivity contribution is 6.08. The van der Waals surface area contributed by atoms with Crippen LogP contribution in [0.2, 0.25) is 0 Å². The molecule has 314 valence electrons. The summed E-state index contributed by atoms with van der Waals surface area (Å²) < 4.78 is 57.5. The number of hydrogen-bond donors (Lipinski definition) is 6. The average molecular weight is 823 g/mol. The number of aryl methyl sites for hydroxylation is 1. The van der Waals surface area contributed by atoms with Crippen molar-refractivity contribution in [3.63, 3.8) is 0 Å². The zero-order valence-electron chi connectivity index (χ0n) is 30.5. The molecule has 2 aliphatic heterocycles. The van der Waals surface area contributed by atoms with Crippen LogP contribution in [0.25, 0.3) is 0 Å². The van der Waals surface area contributed by atoms with Crippen LogP contribution < -0.4 is 26.8 Å². The molecule has 2 fully saturated rings. The molecule has 0 spiro atoms. The number of unbranched alkanes of at least 4 members (excludes halogenated alkanes) is 2. The maximum Gasteiger partial charge on any atom is 0.430 e. The highest BCUT2D eigenvalue weighted by Crippen LogP contribution is 2.39. The summed E-state index contributed by atoms with van der Waals surface area (Å²) >= 11 is 0. The van der Waals surface area contributed by atoms with Gasteiger partial charge in [0.2, 0.25) is 0 Å². The number of quaternary nitrogens is 1. The Hall–Kier alpha value is -5.33. The SMILES string of the molecule is O=C([O-])C(F)(F)F.[NH3+]C[C@H]1O[C@@H](O[C@H](c2cn(CCCCCOc3ccc(C(=O)c4ccccc4)cc3)nn2)[C@H]2O[C@@H](n3ccc(=O)[nH]c3=O)[C@H](O)[C@@H]2O)[C@H](O)[C@@H]1O. The lowest BCUT2D eigenvalue weighted by Gasteiger charge is -2.28. The van der Waals surface area contributed by atoms with E-state index in [1.807, 2.05) is 18.2 Å². The number of aliphatic hydroxyl groups is 4. The number of hydrogen-bond acceptors (Lipinski definition) is 15. The summed E-state index contributed by atoms with van der Waals surface area (Å²) in [5.74, 6) is -2.41. The molecule has 0 aliphatic carbocycles. The van der Waals surface area contributed by atoms with Crippen molar-refractivity contribution < 1.29 is 73.0 Å². The predicted octanol–water partition coefficient (Wildman–Crippen LogP) is -2.03. The smallest absolute Gasteiger partial charge is 0.430 e. The first-order valence-corrected chi connectivity index (χ1v) is 17.9. The van der Waals surface area contributed by atoms with Crippen LogP contribution in [0.15, 0.2) is 82.6 Å². The van der Waals surface area contributed by atoms with E-state index in [1.165, 1.54) is 0 Å². The number of benzene rings is 2. The second-order valence-electron chi connectivity index (χ2n) is 13.2. The van der Waals surface area contributed by atoms with Crippen molar-refractivity contribution in [2.45, 2.75) is 87.2 Å². The lowest BCUT2D eigenvalue weighted by atomic mass is 10.0. The van der Waals surface area contributed by atoms with Gasteiger partial charge in [0.25, 0.3) is 5.56 Å². The number of carboxylic acid groups (broad SMARTS) is 1. The second-order valence-corrected chi connectivity index (χ2v) is 13.2. The molecule has 22 heteroatoms. The molecule has 0 unspecified atom stereocenters. The maximum atomic E-state index is 12.6. The normalized spacial score (nSPS) is 24.8. The number of ketones is 1. The Morgan fingerprint density at radius 2 is 1.59 bits per heavy atom. The fourth-order valence-electron chi connectivity index (χ4n) is 6.07. The molecule has 8 N–H and O–H groups in total. The van der Waals surface area contributed by atoms with Crippen molar-refractivity contribution in [3.8, 4) is 5.75 Å². The van der Waals surface area contributed by atoms with E-state index in [1.54, 1.807) is 47.3 Å². The number of nitrogens with one attached hydrogen (secondary N) is 1. The van der Waals surface area contributed by atoms with Crippen molar-refractivity contribution in [2.24, 2.45) is 0 Å². The van der Waals surface area contributed by atoms with Gasteiger partial charge in [0, 0.05) is 29.9 Å². The lowest BCUT2D eigenvalue weighted by Crippen LogP contribution is -2.58. The lowest BCUT2D eigenvalue weighted by molar-refractivity contribution is -0.391. The van der Waals surface area contributed by atoms with E-state index in [-0.39, 0.29) is 18.0 Å². The van der Waals surface area contributed by atoms with Gasteiger partial charge < -0.3 is 55.0 Å². The van der Waals surface area contributed by atoms with Crippen molar-refractivity contribution in [2.75, 3.05) is 13.2 Å². The molecule has 6 rings (SSSR count). The predicted molar refractivity (Wildman–Crippen MR) is 186 cm³/mol. The van der Waals surface area contributed by atoms with Crippen LogP contribution in [0, 0.1) is 0 Å². The van der Waals surface area contributed by atoms with E-state index in [9.17, 15) is 48.0 Å². The fourth-order valence-corrected chi connectivity index (χ4v) is 6.07. The number of aromatic nitrogens is 5. The molecule has 0 radical (unpaired) electrons. The molecule has 0 saturated carbocycles. The number of halogens is 3. The van der Waals surface area contributed by atoms with Gasteiger partial charge in [0.05, 0.1) is 12.8 Å². The topological polar surface area (TPSA) is 288 Å². The Bertz CT molecular complexity index is 2080. The second kappa shape index (κ2) is 19.4. The van der Waals surface area contributed by atoms with E-state index >= 15 is 0 Å². The van der Waals surface area contributed by atoms with Gasteiger partial charge >= 0.3 is 11.9 Å². The third-order valence-electron chi connectivity index (χ3n) is 9.11. The first kappa shape index (κ1) is 43.8. The van der Waals surface area contributed by atoms with E-state index in [0.717, 1.165) is 29.7 Å². The molecule has 9 atom stereocenters. The van der Waals surface area contributed by atoms with E-state index < -0.39 is 78.6 Å². The highest BCUT2D eigenvalue weighted by Gasteiger charge is 2.52. The average Bonchev–Trinajstić information content (AvgIpc) is 3.87. The van der Waals surface area contributed by atoms with Gasteiger partial charge in [-0.25, -0.2) is 4.79 Å². The maximum absolute atomic E-state index is 12.6. The Morgan fingerprint density at radius 3 is 2.21 bits per heavy atom. The molecule has 4 aromatic rings. The summed E-state index contributed by atoms with van der Waals surface area (Å²) in [4.78, 5) is 47.5. The summed E-state index contributed by atoms with van der Waals surface area (Å²) in [5, 5.41) is 60.1. The third kappa shape index (κ3) is 10.8. The fraction of sp³-hybridized carbons (Fsp3) is 0.444. The van der Waals surface area contributed by atoms with Crippen molar-refractivity contribution in [1.82, 2.24) is 24.5 Å². The highest BCUT2D eigenvalue weighted by atomic mass is 19.4. The van der Waals surface area contributed by atoms with E-state index in [4.69, 9.17) is 28.8 Å². The largest absolute Gasteiger partial charge is 0.542 e. The summed E-state index contributed by atoms with van der Waals surface area (Å²) in [6.07, 6.45) is -12.5. The molecule has 19 nitrogen and oxygen atoms in total. The number of aliphatic carboxylic acids is 1. The zero-order chi connectivity index (χ0) is 42.1. The Balaban J connectivity index is 0.000000839. The van der Waals surface area contributed by atoms with Crippen LogP contribution in [0.5, 0.6) is 5.75 Å². The number of carbonyl (C=O) groups is 2. The number of aliphatic hydroxyl groups excluding tert-OH is 4. The summed E-state index contributed by atoms with van der Waals surface area (Å²) in [6.45, 7) is 1.07. The Morgan fingerprint density at radius 1 is 0.914 bits per heavy atom. The van der Waals surface area contributed by atoms with Gasteiger partial charge in [-0.3, -0.25) is 23.8 Å². The van der Waals surface area contributed by atoms with Crippen LogP contribution in [0.4, 0.5) is 13.2 Å². The Labute approximate surface area is 326 Å². The summed E-state index contributed by atoms with van der Waals surface area (Å²) in [5.41, 5.74) is 3.57. The molecule has 2 aromatic carbocycles. The molecule has 0 amide bonds. The van der Waals surface area contributed by atoms with Crippen LogP contribution >= 0.6 is 0 Å². The van der Waals surface area contributed by atoms with Gasteiger partial charge in [-0.1, -0.05) is 35.5 Å². The first-order valence-electron chi connectivity index (χ1n) is 17.9.